The van der Waals surface area contributed by atoms with Crippen molar-refractivity contribution in [3.63, 3.8) is 0 Å². The molecular weight excluding hydrogens is 198 g/mol. The molecule has 0 saturated heterocycles. The minimum absolute atomic E-state index is 0.656. The van der Waals surface area contributed by atoms with Crippen LogP contribution in [0.4, 0.5) is 0 Å². The van der Waals surface area contributed by atoms with Crippen molar-refractivity contribution in [1.29, 1.82) is 0 Å². The first-order valence-corrected chi connectivity index (χ1v) is 5.57. The number of nitrogens with zero attached hydrogens (tertiary/aromatic N) is 1. The van der Waals surface area contributed by atoms with E-state index in [2.05, 4.69) is 41.4 Å². The van der Waals surface area contributed by atoms with Crippen LogP contribution in [0.5, 0.6) is 0 Å². The Morgan fingerprint density at radius 3 is 2.81 bits per heavy atom. The average Bonchev–Trinajstić information content (AvgIpc) is 2.70. The smallest absolute Gasteiger partial charge is 0.0525 e. The number of benzene rings is 1. The summed E-state index contributed by atoms with van der Waals surface area (Å²) >= 11 is 0. The summed E-state index contributed by atoms with van der Waals surface area (Å²) in [7, 11) is 0. The molecule has 2 rings (SSSR count). The number of nitrogens with two attached hydrogens (primary N) is 1. The largest absolute Gasteiger partial charge is 0.330 e. The van der Waals surface area contributed by atoms with Crippen LogP contribution < -0.4 is 5.73 Å². The second kappa shape index (κ2) is 4.94. The number of hydrogen-bond donors (Lipinski definition) is 2. The number of aryl methyl sites for hydroxylation is 1. The number of rotatable bonds is 4. The highest BCUT2D eigenvalue weighted by Gasteiger charge is 2.06. The third kappa shape index (κ3) is 2.31. The van der Waals surface area contributed by atoms with Gasteiger partial charge in [-0.2, -0.15) is 5.10 Å². The Morgan fingerprint density at radius 1 is 1.25 bits per heavy atom. The first-order chi connectivity index (χ1) is 7.81. The van der Waals surface area contributed by atoms with E-state index in [4.69, 9.17) is 5.73 Å². The van der Waals surface area contributed by atoms with Crippen molar-refractivity contribution < 1.29 is 0 Å². The fraction of sp³-hybridized carbons (Fsp3) is 0.308. The van der Waals surface area contributed by atoms with Gasteiger partial charge in [-0.05, 0) is 30.2 Å². The van der Waals surface area contributed by atoms with E-state index in [9.17, 15) is 0 Å². The number of H-pyrrole nitrogens is 1. The molecule has 1 aromatic heterocycles. The first-order valence-electron chi connectivity index (χ1n) is 5.57. The summed E-state index contributed by atoms with van der Waals surface area (Å²) < 4.78 is 0. The van der Waals surface area contributed by atoms with Crippen LogP contribution >= 0.6 is 0 Å². The molecule has 0 aliphatic heterocycles. The molecule has 0 saturated carbocycles. The molecule has 1 aromatic carbocycles. The Hall–Kier alpha value is -1.61. The number of nitrogens with one attached hydrogen (secondary N) is 1. The lowest BCUT2D eigenvalue weighted by Crippen LogP contribution is -2.05. The van der Waals surface area contributed by atoms with Crippen LogP contribution in [0.25, 0.3) is 0 Å². The molecule has 3 nitrogen and oxygen atoms in total. The summed E-state index contributed by atoms with van der Waals surface area (Å²) in [5, 5.41) is 7.10. The maximum absolute atomic E-state index is 5.56. The molecule has 0 fully saturated rings. The van der Waals surface area contributed by atoms with E-state index < -0.39 is 0 Å². The van der Waals surface area contributed by atoms with E-state index in [1.807, 2.05) is 6.20 Å². The molecule has 0 aliphatic rings. The SMILES string of the molecule is Cc1ccccc1Cc1cn[nH]c1CCN. The van der Waals surface area contributed by atoms with Crippen LogP contribution in [0.2, 0.25) is 0 Å². The zero-order chi connectivity index (χ0) is 11.4. The molecule has 0 amide bonds. The topological polar surface area (TPSA) is 54.7 Å². The fourth-order valence-corrected chi connectivity index (χ4v) is 1.86. The lowest BCUT2D eigenvalue weighted by Gasteiger charge is -2.05. The predicted octanol–water partition coefficient (Wildman–Crippen LogP) is 1.81. The van der Waals surface area contributed by atoms with Crippen molar-refractivity contribution in [2.45, 2.75) is 19.8 Å². The van der Waals surface area contributed by atoms with E-state index in [-0.39, 0.29) is 0 Å². The van der Waals surface area contributed by atoms with Gasteiger partial charge in [0.05, 0.1) is 6.20 Å². The van der Waals surface area contributed by atoms with Crippen LogP contribution in [-0.2, 0) is 12.8 Å². The summed E-state index contributed by atoms with van der Waals surface area (Å²) in [6.45, 7) is 2.79. The summed E-state index contributed by atoms with van der Waals surface area (Å²) in [6, 6.07) is 8.44. The maximum Gasteiger partial charge on any atom is 0.0525 e. The standard InChI is InChI=1S/C13H17N3/c1-10-4-2-3-5-11(10)8-12-9-15-16-13(12)6-7-14/h2-5,9H,6-8,14H2,1H3,(H,15,16). The molecular formula is C13H17N3. The maximum atomic E-state index is 5.56. The molecule has 1 heterocycles. The zero-order valence-electron chi connectivity index (χ0n) is 9.53. The minimum atomic E-state index is 0.656. The highest BCUT2D eigenvalue weighted by atomic mass is 15.1. The van der Waals surface area contributed by atoms with Crippen LogP contribution in [0.1, 0.15) is 22.4 Å². The normalized spacial score (nSPS) is 10.6. The van der Waals surface area contributed by atoms with E-state index in [1.54, 1.807) is 0 Å². The third-order valence-corrected chi connectivity index (χ3v) is 2.84. The minimum Gasteiger partial charge on any atom is -0.330 e. The number of aromatic amines is 1. The van der Waals surface area contributed by atoms with Crippen molar-refractivity contribution >= 4 is 0 Å². The third-order valence-electron chi connectivity index (χ3n) is 2.84. The van der Waals surface area contributed by atoms with Crippen molar-refractivity contribution in [3.05, 3.63) is 52.8 Å². The van der Waals surface area contributed by atoms with Crippen molar-refractivity contribution in [3.8, 4) is 0 Å². The van der Waals surface area contributed by atoms with Gasteiger partial charge in [-0.3, -0.25) is 5.10 Å². The van der Waals surface area contributed by atoms with Gasteiger partial charge in [0.15, 0.2) is 0 Å². The second-order valence-corrected chi connectivity index (χ2v) is 4.02. The van der Waals surface area contributed by atoms with Gasteiger partial charge in [0.1, 0.15) is 0 Å². The van der Waals surface area contributed by atoms with Gasteiger partial charge in [-0.25, -0.2) is 0 Å². The highest BCUT2D eigenvalue weighted by molar-refractivity contribution is 5.32. The Labute approximate surface area is 95.7 Å². The molecule has 0 bridgehead atoms. The Bertz CT molecular complexity index is 460. The molecule has 0 spiro atoms. The van der Waals surface area contributed by atoms with E-state index in [0.29, 0.717) is 6.54 Å². The van der Waals surface area contributed by atoms with Gasteiger partial charge in [0.25, 0.3) is 0 Å². The summed E-state index contributed by atoms with van der Waals surface area (Å²) in [4.78, 5) is 0. The quantitative estimate of drug-likeness (QED) is 0.817. The highest BCUT2D eigenvalue weighted by Crippen LogP contribution is 2.15. The van der Waals surface area contributed by atoms with Crippen LogP contribution in [-0.4, -0.2) is 16.7 Å². The molecule has 0 radical (unpaired) electrons. The zero-order valence-corrected chi connectivity index (χ0v) is 9.53. The van der Waals surface area contributed by atoms with E-state index in [1.165, 1.54) is 16.7 Å². The summed E-state index contributed by atoms with van der Waals surface area (Å²) in [5.74, 6) is 0. The Morgan fingerprint density at radius 2 is 2.06 bits per heavy atom. The van der Waals surface area contributed by atoms with Gasteiger partial charge in [-0.1, -0.05) is 24.3 Å². The summed E-state index contributed by atoms with van der Waals surface area (Å²) in [6.07, 6.45) is 3.69. The Balaban J connectivity index is 2.20. The van der Waals surface area contributed by atoms with Crippen LogP contribution in [0, 0.1) is 6.92 Å². The first kappa shape index (κ1) is 10.9. The van der Waals surface area contributed by atoms with Crippen molar-refractivity contribution in [1.82, 2.24) is 10.2 Å². The van der Waals surface area contributed by atoms with E-state index >= 15 is 0 Å². The molecule has 16 heavy (non-hydrogen) atoms. The lowest BCUT2D eigenvalue weighted by molar-refractivity contribution is 0.889. The molecule has 2 aromatic rings. The van der Waals surface area contributed by atoms with Gasteiger partial charge in [-0.15, -0.1) is 0 Å². The van der Waals surface area contributed by atoms with Gasteiger partial charge in [0, 0.05) is 18.5 Å². The summed E-state index contributed by atoms with van der Waals surface area (Å²) in [5.41, 5.74) is 10.6. The molecule has 0 atom stereocenters. The van der Waals surface area contributed by atoms with E-state index in [0.717, 1.165) is 18.5 Å². The molecule has 84 valence electrons. The molecule has 3 N–H and O–H groups in total. The number of hydrogen-bond acceptors (Lipinski definition) is 2. The predicted molar refractivity (Wildman–Crippen MR) is 65.3 cm³/mol. The lowest BCUT2D eigenvalue weighted by atomic mass is 10.0. The monoisotopic (exact) mass is 215 g/mol. The van der Waals surface area contributed by atoms with Crippen molar-refractivity contribution in [2.24, 2.45) is 5.73 Å². The fourth-order valence-electron chi connectivity index (χ4n) is 1.86. The van der Waals surface area contributed by atoms with Crippen LogP contribution in [0.3, 0.4) is 0 Å². The van der Waals surface area contributed by atoms with Gasteiger partial charge < -0.3 is 5.73 Å². The number of aromatic nitrogens is 2. The molecule has 0 unspecified atom stereocenters. The second-order valence-electron chi connectivity index (χ2n) is 4.02. The van der Waals surface area contributed by atoms with Crippen molar-refractivity contribution in [2.75, 3.05) is 6.54 Å². The molecule has 3 heteroatoms. The Kier molecular flexibility index (Phi) is 3.37. The average molecular weight is 215 g/mol. The molecule has 0 aliphatic carbocycles. The van der Waals surface area contributed by atoms with Crippen LogP contribution in [0.15, 0.2) is 30.5 Å². The van der Waals surface area contributed by atoms with Gasteiger partial charge >= 0.3 is 0 Å². The van der Waals surface area contributed by atoms with Gasteiger partial charge in [0.2, 0.25) is 0 Å².